The third-order valence-corrected chi connectivity index (χ3v) is 3.93. The van der Waals surface area contributed by atoms with Crippen LogP contribution in [0.2, 0.25) is 0 Å². The lowest BCUT2D eigenvalue weighted by atomic mass is 10.0. The van der Waals surface area contributed by atoms with Crippen molar-refractivity contribution in [1.29, 1.82) is 0 Å². The predicted molar refractivity (Wildman–Crippen MR) is 64.1 cm³/mol. The Balaban J connectivity index is 2.47. The van der Waals surface area contributed by atoms with Gasteiger partial charge in [0.25, 0.3) is 0 Å². The zero-order valence-corrected chi connectivity index (χ0v) is 9.87. The molecule has 1 heterocycles. The highest BCUT2D eigenvalue weighted by Gasteiger charge is 2.29. The van der Waals surface area contributed by atoms with Crippen molar-refractivity contribution in [3.05, 3.63) is 24.3 Å². The smallest absolute Gasteiger partial charge is 0.177 e. The van der Waals surface area contributed by atoms with Crippen LogP contribution < -0.4 is 4.90 Å². The third-order valence-electron chi connectivity index (χ3n) is 2.79. The maximum atomic E-state index is 11.6. The van der Waals surface area contributed by atoms with E-state index in [1.54, 1.807) is 18.2 Å². The van der Waals surface area contributed by atoms with Crippen molar-refractivity contribution >= 4 is 15.5 Å². The highest BCUT2D eigenvalue weighted by atomic mass is 32.2. The van der Waals surface area contributed by atoms with Gasteiger partial charge in [-0.2, -0.15) is 0 Å². The van der Waals surface area contributed by atoms with Gasteiger partial charge in [0.1, 0.15) is 0 Å². The number of hydrogen-bond acceptors (Lipinski definition) is 3. The second-order valence-electron chi connectivity index (χ2n) is 3.90. The molecule has 0 bridgehead atoms. The maximum absolute atomic E-state index is 11.6. The van der Waals surface area contributed by atoms with E-state index in [-0.39, 0.29) is 6.04 Å². The fourth-order valence-electron chi connectivity index (χ4n) is 1.86. The van der Waals surface area contributed by atoms with Crippen molar-refractivity contribution in [2.24, 2.45) is 0 Å². The molecule has 3 nitrogen and oxygen atoms in total. The van der Waals surface area contributed by atoms with E-state index in [0.29, 0.717) is 4.90 Å². The number of terminal acetylenes is 1. The monoisotopic (exact) mass is 235 g/mol. The first-order valence-corrected chi connectivity index (χ1v) is 6.95. The van der Waals surface area contributed by atoms with Gasteiger partial charge in [-0.3, -0.25) is 0 Å². The van der Waals surface area contributed by atoms with E-state index in [1.165, 1.54) is 6.26 Å². The molecule has 1 unspecified atom stereocenters. The molecule has 0 N–H and O–H groups in total. The van der Waals surface area contributed by atoms with Gasteiger partial charge < -0.3 is 4.90 Å². The fraction of sp³-hybridized carbons (Fsp3) is 0.333. The van der Waals surface area contributed by atoms with Crippen LogP contribution in [0.3, 0.4) is 0 Å². The summed E-state index contributed by atoms with van der Waals surface area (Å²) in [7, 11) is -3.20. The standard InChI is InChI=1S/C12H13NO2S/c1-3-10-8-9-13(10)11-6-4-5-7-12(11)16(2,14)15/h1,4-7,10H,8-9H2,2H3. The van der Waals surface area contributed by atoms with E-state index in [9.17, 15) is 8.42 Å². The van der Waals surface area contributed by atoms with Crippen molar-refractivity contribution < 1.29 is 8.42 Å². The van der Waals surface area contributed by atoms with E-state index in [0.717, 1.165) is 18.7 Å². The third kappa shape index (κ3) is 1.79. The van der Waals surface area contributed by atoms with Crippen LogP contribution in [-0.2, 0) is 9.84 Å². The first-order chi connectivity index (χ1) is 7.54. The molecule has 0 aliphatic carbocycles. The van der Waals surface area contributed by atoms with E-state index in [2.05, 4.69) is 5.92 Å². The number of anilines is 1. The van der Waals surface area contributed by atoms with E-state index < -0.39 is 9.84 Å². The molecule has 16 heavy (non-hydrogen) atoms. The lowest BCUT2D eigenvalue weighted by Gasteiger charge is -2.40. The van der Waals surface area contributed by atoms with Crippen molar-refractivity contribution in [2.45, 2.75) is 17.4 Å². The Bertz CT molecular complexity index is 542. The molecule has 84 valence electrons. The first-order valence-electron chi connectivity index (χ1n) is 5.06. The molecule has 0 spiro atoms. The van der Waals surface area contributed by atoms with Gasteiger partial charge in [-0.25, -0.2) is 8.42 Å². The number of nitrogens with zero attached hydrogens (tertiary/aromatic N) is 1. The molecular weight excluding hydrogens is 222 g/mol. The Hall–Kier alpha value is -1.47. The predicted octanol–water partition coefficient (Wildman–Crippen LogP) is 1.30. The molecule has 1 atom stereocenters. The SMILES string of the molecule is C#CC1CCN1c1ccccc1S(C)(=O)=O. The Morgan fingerprint density at radius 3 is 2.62 bits per heavy atom. The molecule has 1 fully saturated rings. The maximum Gasteiger partial charge on any atom is 0.177 e. The quantitative estimate of drug-likeness (QED) is 0.725. The zero-order chi connectivity index (χ0) is 11.8. The van der Waals surface area contributed by atoms with Gasteiger partial charge in [0.05, 0.1) is 16.6 Å². The van der Waals surface area contributed by atoms with Crippen LogP contribution in [-0.4, -0.2) is 27.3 Å². The second kappa shape index (κ2) is 3.84. The van der Waals surface area contributed by atoms with Crippen LogP contribution in [0.25, 0.3) is 0 Å². The molecule has 0 amide bonds. The molecule has 1 saturated heterocycles. The lowest BCUT2D eigenvalue weighted by molar-refractivity contribution is 0.530. The van der Waals surface area contributed by atoms with Gasteiger partial charge >= 0.3 is 0 Å². The van der Waals surface area contributed by atoms with Gasteiger partial charge in [-0.1, -0.05) is 18.1 Å². The minimum Gasteiger partial charge on any atom is -0.356 e. The molecule has 1 aliphatic rings. The molecule has 0 aromatic heterocycles. The van der Waals surface area contributed by atoms with Crippen molar-refractivity contribution in [1.82, 2.24) is 0 Å². The largest absolute Gasteiger partial charge is 0.356 e. The Kier molecular flexibility index (Phi) is 2.64. The number of para-hydroxylation sites is 1. The van der Waals surface area contributed by atoms with Gasteiger partial charge in [-0.15, -0.1) is 6.42 Å². The molecule has 0 radical (unpaired) electrons. The summed E-state index contributed by atoms with van der Waals surface area (Å²) in [5.41, 5.74) is 0.721. The molecular formula is C12H13NO2S. The first kappa shape index (κ1) is 11.0. The van der Waals surface area contributed by atoms with Crippen LogP contribution >= 0.6 is 0 Å². The normalized spacial score (nSPS) is 20.0. The Labute approximate surface area is 96.0 Å². The molecule has 1 aromatic carbocycles. The minimum absolute atomic E-state index is 0.0305. The lowest BCUT2D eigenvalue weighted by Crippen LogP contribution is -2.47. The molecule has 0 saturated carbocycles. The molecule has 1 aliphatic heterocycles. The second-order valence-corrected chi connectivity index (χ2v) is 5.89. The highest BCUT2D eigenvalue weighted by molar-refractivity contribution is 7.90. The number of sulfone groups is 1. The van der Waals surface area contributed by atoms with Gasteiger partial charge in [0.15, 0.2) is 9.84 Å². The summed E-state index contributed by atoms with van der Waals surface area (Å²) in [5, 5.41) is 0. The van der Waals surface area contributed by atoms with Crippen LogP contribution in [0.15, 0.2) is 29.2 Å². The van der Waals surface area contributed by atoms with E-state index >= 15 is 0 Å². The van der Waals surface area contributed by atoms with Crippen molar-refractivity contribution in [2.75, 3.05) is 17.7 Å². The van der Waals surface area contributed by atoms with Gasteiger partial charge in [0, 0.05) is 12.8 Å². The molecule has 4 heteroatoms. The topological polar surface area (TPSA) is 37.4 Å². The van der Waals surface area contributed by atoms with E-state index in [1.807, 2.05) is 11.0 Å². The fourth-order valence-corrected chi connectivity index (χ4v) is 2.75. The molecule has 2 rings (SSSR count). The van der Waals surface area contributed by atoms with Crippen LogP contribution in [0, 0.1) is 12.3 Å². The Morgan fingerprint density at radius 1 is 1.44 bits per heavy atom. The van der Waals surface area contributed by atoms with E-state index in [4.69, 9.17) is 6.42 Å². The summed E-state index contributed by atoms with van der Waals surface area (Å²) in [6.07, 6.45) is 7.52. The number of hydrogen-bond donors (Lipinski definition) is 0. The van der Waals surface area contributed by atoms with Crippen LogP contribution in [0.1, 0.15) is 6.42 Å². The van der Waals surface area contributed by atoms with Crippen molar-refractivity contribution in [3.8, 4) is 12.3 Å². The Morgan fingerprint density at radius 2 is 2.12 bits per heavy atom. The average molecular weight is 235 g/mol. The van der Waals surface area contributed by atoms with Gasteiger partial charge in [0.2, 0.25) is 0 Å². The summed E-state index contributed by atoms with van der Waals surface area (Å²) in [5.74, 6) is 2.66. The number of rotatable bonds is 2. The van der Waals surface area contributed by atoms with Crippen molar-refractivity contribution in [3.63, 3.8) is 0 Å². The van der Waals surface area contributed by atoms with Gasteiger partial charge in [-0.05, 0) is 18.6 Å². The summed E-state index contributed by atoms with van der Waals surface area (Å²) >= 11 is 0. The molecule has 1 aromatic rings. The number of benzene rings is 1. The summed E-state index contributed by atoms with van der Waals surface area (Å²) < 4.78 is 23.2. The average Bonchev–Trinajstić information content (AvgIpc) is 2.16. The summed E-state index contributed by atoms with van der Waals surface area (Å²) in [4.78, 5) is 2.31. The summed E-state index contributed by atoms with van der Waals surface area (Å²) in [6, 6.07) is 7.01. The highest BCUT2D eigenvalue weighted by Crippen LogP contribution is 2.31. The van der Waals surface area contributed by atoms with Crippen LogP contribution in [0.5, 0.6) is 0 Å². The minimum atomic E-state index is -3.20. The van der Waals surface area contributed by atoms with Crippen LogP contribution in [0.4, 0.5) is 5.69 Å². The zero-order valence-electron chi connectivity index (χ0n) is 9.05. The summed E-state index contributed by atoms with van der Waals surface area (Å²) in [6.45, 7) is 0.821.